The van der Waals surface area contributed by atoms with Gasteiger partial charge in [0.25, 0.3) is 5.56 Å². The molecule has 1 atom stereocenters. The molecule has 1 aliphatic heterocycles. The molecule has 0 aliphatic carbocycles. The monoisotopic (exact) mass is 371 g/mol. The van der Waals surface area contributed by atoms with E-state index in [1.165, 1.54) is 4.57 Å². The van der Waals surface area contributed by atoms with Gasteiger partial charge in [-0.25, -0.2) is 4.79 Å². The van der Waals surface area contributed by atoms with Gasteiger partial charge in [0, 0.05) is 25.8 Å². The quantitative estimate of drug-likeness (QED) is 0.658. The van der Waals surface area contributed by atoms with Gasteiger partial charge < -0.3 is 19.7 Å². The van der Waals surface area contributed by atoms with Crippen LogP contribution in [-0.2, 0) is 20.1 Å². The molecule has 142 valence electrons. The number of imidazole rings is 1. The number of aliphatic hydroxyl groups excluding tert-OH is 2. The molecular formula is C18H21N5O4. The first-order chi connectivity index (χ1) is 13.0. The number of aryl methyl sites for hydroxylation is 2. The van der Waals surface area contributed by atoms with Gasteiger partial charge in [-0.2, -0.15) is 4.98 Å². The minimum Gasteiger partial charge on any atom is -0.394 e. The topological polar surface area (TPSA) is 106 Å². The van der Waals surface area contributed by atoms with E-state index in [2.05, 4.69) is 4.98 Å². The predicted molar refractivity (Wildman–Crippen MR) is 100 cm³/mol. The summed E-state index contributed by atoms with van der Waals surface area (Å²) in [5.41, 5.74) is 0.543. The number of aliphatic hydroxyl groups is 2. The number of fused-ring (bicyclic) bond motifs is 3. The third kappa shape index (κ3) is 2.75. The lowest BCUT2D eigenvalue weighted by Crippen LogP contribution is -2.43. The van der Waals surface area contributed by atoms with Gasteiger partial charge in [0.2, 0.25) is 5.95 Å². The molecule has 0 amide bonds. The Labute approximate surface area is 154 Å². The van der Waals surface area contributed by atoms with E-state index in [0.717, 1.165) is 23.2 Å². The molecule has 3 heterocycles. The van der Waals surface area contributed by atoms with Crippen LogP contribution in [-0.4, -0.2) is 48.2 Å². The number of rotatable bonds is 4. The van der Waals surface area contributed by atoms with Crippen LogP contribution in [0.5, 0.6) is 0 Å². The zero-order valence-corrected chi connectivity index (χ0v) is 14.9. The predicted octanol–water partition coefficient (Wildman–Crippen LogP) is -0.208. The Morgan fingerprint density at radius 1 is 1.19 bits per heavy atom. The summed E-state index contributed by atoms with van der Waals surface area (Å²) in [6.45, 7) is 0.588. The number of benzene rings is 1. The number of anilines is 2. The second-order valence-corrected chi connectivity index (χ2v) is 6.67. The molecule has 0 spiro atoms. The molecule has 0 saturated heterocycles. The third-order valence-electron chi connectivity index (χ3n) is 4.89. The van der Waals surface area contributed by atoms with Crippen molar-refractivity contribution in [3.8, 4) is 0 Å². The fourth-order valence-electron chi connectivity index (χ4n) is 3.55. The molecule has 1 aromatic carbocycles. The Balaban J connectivity index is 1.96. The summed E-state index contributed by atoms with van der Waals surface area (Å²) in [5, 5.41) is 18.8. The van der Waals surface area contributed by atoms with Gasteiger partial charge in [-0.1, -0.05) is 18.2 Å². The van der Waals surface area contributed by atoms with E-state index >= 15 is 0 Å². The molecule has 0 saturated carbocycles. The van der Waals surface area contributed by atoms with Crippen LogP contribution in [0.3, 0.4) is 0 Å². The number of para-hydroxylation sites is 1. The third-order valence-corrected chi connectivity index (χ3v) is 4.89. The maximum atomic E-state index is 13.0. The molecule has 2 N–H and O–H groups in total. The van der Waals surface area contributed by atoms with Gasteiger partial charge in [-0.05, 0) is 18.6 Å². The first-order valence-corrected chi connectivity index (χ1v) is 8.84. The number of hydrogen-bond donors (Lipinski definition) is 2. The van der Waals surface area contributed by atoms with Crippen molar-refractivity contribution in [2.45, 2.75) is 25.6 Å². The van der Waals surface area contributed by atoms with Crippen LogP contribution < -0.4 is 16.1 Å². The van der Waals surface area contributed by atoms with Gasteiger partial charge in [-0.3, -0.25) is 13.9 Å². The highest BCUT2D eigenvalue weighted by Gasteiger charge is 2.27. The summed E-state index contributed by atoms with van der Waals surface area (Å²) in [5.74, 6) is 0.620. The minimum absolute atomic E-state index is 0.263. The van der Waals surface area contributed by atoms with Crippen molar-refractivity contribution >= 4 is 22.8 Å². The second kappa shape index (κ2) is 6.67. The SMILES string of the molecule is Cn1c(=O)n(C[C@H](O)CO)c(=O)c2c1nc1n2CCCN1c1ccccc1. The van der Waals surface area contributed by atoms with Crippen LogP contribution >= 0.6 is 0 Å². The second-order valence-electron chi connectivity index (χ2n) is 6.67. The lowest BCUT2D eigenvalue weighted by Gasteiger charge is -2.29. The molecule has 1 aliphatic rings. The van der Waals surface area contributed by atoms with Crippen molar-refractivity contribution < 1.29 is 10.2 Å². The van der Waals surface area contributed by atoms with Crippen molar-refractivity contribution in [2.75, 3.05) is 18.1 Å². The van der Waals surface area contributed by atoms with E-state index in [9.17, 15) is 14.7 Å². The molecular weight excluding hydrogens is 350 g/mol. The molecule has 4 rings (SSSR count). The largest absolute Gasteiger partial charge is 0.394 e. The van der Waals surface area contributed by atoms with Gasteiger partial charge in [0.1, 0.15) is 0 Å². The zero-order chi connectivity index (χ0) is 19.1. The highest BCUT2D eigenvalue weighted by atomic mass is 16.3. The van der Waals surface area contributed by atoms with Crippen molar-refractivity contribution in [3.63, 3.8) is 0 Å². The molecule has 27 heavy (non-hydrogen) atoms. The van der Waals surface area contributed by atoms with E-state index in [4.69, 9.17) is 5.11 Å². The van der Waals surface area contributed by atoms with Gasteiger partial charge in [0.15, 0.2) is 11.2 Å². The minimum atomic E-state index is -1.18. The number of nitrogens with zero attached hydrogens (tertiary/aromatic N) is 5. The molecule has 2 aromatic heterocycles. The highest BCUT2D eigenvalue weighted by Crippen LogP contribution is 2.30. The van der Waals surface area contributed by atoms with E-state index in [1.54, 1.807) is 7.05 Å². The highest BCUT2D eigenvalue weighted by molar-refractivity contribution is 5.77. The summed E-state index contributed by atoms with van der Waals surface area (Å²) in [4.78, 5) is 32.2. The average molecular weight is 371 g/mol. The molecule has 9 heteroatoms. The molecule has 0 unspecified atom stereocenters. The summed E-state index contributed by atoms with van der Waals surface area (Å²) < 4.78 is 4.10. The van der Waals surface area contributed by atoms with Gasteiger partial charge in [0.05, 0.1) is 19.3 Å². The zero-order valence-electron chi connectivity index (χ0n) is 14.9. The summed E-state index contributed by atoms with van der Waals surface area (Å²) in [6.07, 6.45) is -0.355. The van der Waals surface area contributed by atoms with Gasteiger partial charge in [-0.15, -0.1) is 0 Å². The summed E-state index contributed by atoms with van der Waals surface area (Å²) in [6, 6.07) is 9.77. The average Bonchev–Trinajstić information content (AvgIpc) is 3.10. The van der Waals surface area contributed by atoms with E-state index in [1.807, 2.05) is 39.8 Å². The van der Waals surface area contributed by atoms with Crippen LogP contribution in [0.15, 0.2) is 39.9 Å². The van der Waals surface area contributed by atoms with E-state index in [-0.39, 0.29) is 6.54 Å². The molecule has 0 radical (unpaired) electrons. The summed E-state index contributed by atoms with van der Waals surface area (Å²) >= 11 is 0. The first kappa shape index (κ1) is 17.5. The number of aromatic nitrogens is 4. The Morgan fingerprint density at radius 2 is 1.93 bits per heavy atom. The Kier molecular flexibility index (Phi) is 4.33. The van der Waals surface area contributed by atoms with Crippen molar-refractivity contribution in [2.24, 2.45) is 7.05 Å². The van der Waals surface area contributed by atoms with Crippen LogP contribution in [0.25, 0.3) is 11.2 Å². The first-order valence-electron chi connectivity index (χ1n) is 8.84. The lowest BCUT2D eigenvalue weighted by molar-refractivity contribution is 0.0791. The van der Waals surface area contributed by atoms with Gasteiger partial charge >= 0.3 is 5.69 Å². The maximum absolute atomic E-state index is 13.0. The molecule has 9 nitrogen and oxygen atoms in total. The van der Waals surface area contributed by atoms with E-state index < -0.39 is 24.0 Å². The summed E-state index contributed by atoms with van der Waals surface area (Å²) in [7, 11) is 1.55. The van der Waals surface area contributed by atoms with E-state index in [0.29, 0.717) is 23.7 Å². The lowest BCUT2D eigenvalue weighted by atomic mass is 10.2. The molecule has 0 fully saturated rings. The molecule has 0 bridgehead atoms. The van der Waals surface area contributed by atoms with Crippen LogP contribution in [0.4, 0.5) is 11.6 Å². The smallest absolute Gasteiger partial charge is 0.332 e. The Hall–Kier alpha value is -2.91. The van der Waals surface area contributed by atoms with Crippen molar-refractivity contribution in [1.82, 2.24) is 18.7 Å². The maximum Gasteiger partial charge on any atom is 0.332 e. The normalized spacial score (nSPS) is 15.1. The van der Waals surface area contributed by atoms with Crippen LogP contribution in [0.1, 0.15) is 6.42 Å². The number of hydrogen-bond acceptors (Lipinski definition) is 6. The van der Waals surface area contributed by atoms with Crippen LogP contribution in [0.2, 0.25) is 0 Å². The fourth-order valence-corrected chi connectivity index (χ4v) is 3.55. The molecule has 3 aromatic rings. The van der Waals surface area contributed by atoms with Crippen LogP contribution in [0, 0.1) is 0 Å². The Bertz CT molecular complexity index is 1100. The fraction of sp³-hybridized carbons (Fsp3) is 0.389. The van der Waals surface area contributed by atoms with Crippen molar-refractivity contribution in [3.05, 3.63) is 51.2 Å². The van der Waals surface area contributed by atoms with Crippen molar-refractivity contribution in [1.29, 1.82) is 0 Å². The standard InChI is InChI=1S/C18H21N5O4/c1-20-15-14(16(26)23(18(20)27)10-13(25)11-24)22-9-5-8-21(17(22)19-15)12-6-3-2-4-7-12/h2-4,6-7,13,24-25H,5,8-11H2,1H3/t13-/m0/s1. The Morgan fingerprint density at radius 3 is 2.63 bits per heavy atom.